The molecule has 0 saturated carbocycles. The summed E-state index contributed by atoms with van der Waals surface area (Å²) in [5.41, 5.74) is 19.1. The molecule has 0 N–H and O–H groups in total. The molecule has 2 aliphatic heterocycles. The van der Waals surface area contributed by atoms with Gasteiger partial charge in [-0.1, -0.05) is 108 Å². The van der Waals surface area contributed by atoms with Gasteiger partial charge in [-0.2, -0.15) is 0 Å². The fourth-order valence-corrected chi connectivity index (χ4v) is 10.1. The fourth-order valence-electron chi connectivity index (χ4n) is 10.1. The molecule has 0 atom stereocenters. The molecule has 11 aromatic rings. The van der Waals surface area contributed by atoms with Crippen LogP contribution in [0, 0.1) is 13.8 Å². The molecule has 0 fully saturated rings. The number of hydrogen-bond donors (Lipinski definition) is 0. The van der Waals surface area contributed by atoms with E-state index in [9.17, 15) is 0 Å². The third kappa shape index (κ3) is 3.72. The Balaban J connectivity index is 1.29. The molecule has 0 saturated heterocycles. The lowest BCUT2D eigenvalue weighted by Gasteiger charge is -2.42. The van der Waals surface area contributed by atoms with Gasteiger partial charge in [0.25, 0.3) is 0 Å². The molecule has 0 aliphatic carbocycles. The summed E-state index contributed by atoms with van der Waals surface area (Å²) < 4.78 is 11.7. The van der Waals surface area contributed by atoms with Crippen molar-refractivity contribution < 1.29 is 4.42 Å². The van der Waals surface area contributed by atoms with Crippen molar-refractivity contribution in [2.75, 3.05) is 4.81 Å². The maximum atomic E-state index is 6.63. The Labute approximate surface area is 317 Å². The van der Waals surface area contributed by atoms with Crippen molar-refractivity contribution in [3.63, 3.8) is 0 Å². The van der Waals surface area contributed by atoms with Crippen LogP contribution in [0.4, 0.5) is 11.4 Å². The Hall–Kier alpha value is -6.98. The summed E-state index contributed by atoms with van der Waals surface area (Å²) in [6, 6.07) is 58.5. The highest BCUT2D eigenvalue weighted by Crippen LogP contribution is 2.49. The van der Waals surface area contributed by atoms with E-state index in [2.05, 4.69) is 186 Å². The maximum absolute atomic E-state index is 6.63. The summed E-state index contributed by atoms with van der Waals surface area (Å²) in [4.78, 5) is 2.59. The Morgan fingerprint density at radius 1 is 0.455 bits per heavy atom. The largest absolute Gasteiger partial charge is 0.456 e. The summed E-state index contributed by atoms with van der Waals surface area (Å²) in [7, 11) is 0. The second-order valence-electron chi connectivity index (χ2n) is 15.4. The fraction of sp³-hybridized carbons (Fsp3) is 0.0400. The number of hydrogen-bond acceptors (Lipinski definition) is 2. The minimum atomic E-state index is -0.0755. The van der Waals surface area contributed by atoms with Gasteiger partial charge in [0.1, 0.15) is 11.2 Å². The van der Waals surface area contributed by atoms with E-state index >= 15 is 0 Å². The number of fused-ring (bicyclic) bond motifs is 14. The van der Waals surface area contributed by atoms with Crippen LogP contribution in [0.1, 0.15) is 11.1 Å². The third-order valence-electron chi connectivity index (χ3n) is 12.4. The van der Waals surface area contributed by atoms with Crippen molar-refractivity contribution in [2.24, 2.45) is 0 Å². The number of furan rings is 1. The van der Waals surface area contributed by atoms with E-state index in [0.717, 1.165) is 33.3 Å². The number of nitrogens with zero attached hydrogens (tertiary/aromatic N) is 3. The smallest absolute Gasteiger partial charge is 0.333 e. The van der Waals surface area contributed by atoms with Crippen LogP contribution in [-0.2, 0) is 0 Å². The molecule has 55 heavy (non-hydrogen) atoms. The molecule has 8 aromatic carbocycles. The number of para-hydroxylation sites is 4. The maximum Gasteiger partial charge on any atom is 0.333 e. The highest BCUT2D eigenvalue weighted by atomic mass is 16.3. The van der Waals surface area contributed by atoms with Crippen LogP contribution < -0.4 is 15.7 Å². The molecule has 0 spiro atoms. The standard InChI is InChI=1S/C50H32BN3O/c1-29-19-22-31(23-20-29)54-44-28-47-37(34-13-6-10-18-46(34)55-47)26-36(44)38-27-45(52-40-15-7-3-11-32(40)33-12-4-8-16-41(33)52)48-35-14-5-9-17-42(35)53-43-24-21-30(2)25-39(43)51(54)49(38)50(48)53/h3-28H,1-2H3. The summed E-state index contributed by atoms with van der Waals surface area (Å²) in [6.07, 6.45) is 0. The van der Waals surface area contributed by atoms with Crippen LogP contribution in [0.5, 0.6) is 0 Å². The van der Waals surface area contributed by atoms with E-state index in [1.807, 2.05) is 0 Å². The molecular formula is C50H32BN3O. The highest BCUT2D eigenvalue weighted by molar-refractivity contribution is 6.93. The van der Waals surface area contributed by atoms with Gasteiger partial charge in [0, 0.05) is 61.0 Å². The SMILES string of the molecule is Cc1ccc(N2B3c4cc(C)ccc4-n4c5ccccc5c5c(-n6c7ccccc7c7ccccc76)cc(c3c54)-c3cc4c(cc32)oc2ccccc24)cc1. The molecular weight excluding hydrogens is 669 g/mol. The second-order valence-corrected chi connectivity index (χ2v) is 15.4. The molecule has 0 amide bonds. The summed E-state index contributed by atoms with van der Waals surface area (Å²) in [5, 5.41) is 7.33. The van der Waals surface area contributed by atoms with Gasteiger partial charge in [-0.05, 0) is 84.9 Å². The molecule has 5 heteroatoms. The monoisotopic (exact) mass is 701 g/mol. The van der Waals surface area contributed by atoms with Gasteiger partial charge in [0.05, 0.1) is 27.8 Å². The lowest BCUT2D eigenvalue weighted by molar-refractivity contribution is 0.669. The van der Waals surface area contributed by atoms with Gasteiger partial charge >= 0.3 is 6.85 Å². The highest BCUT2D eigenvalue weighted by Gasteiger charge is 2.45. The lowest BCUT2D eigenvalue weighted by Crippen LogP contribution is -2.60. The first-order chi connectivity index (χ1) is 27.1. The van der Waals surface area contributed by atoms with Crippen molar-refractivity contribution in [2.45, 2.75) is 13.8 Å². The molecule has 0 radical (unpaired) electrons. The van der Waals surface area contributed by atoms with Crippen molar-refractivity contribution in [3.05, 3.63) is 169 Å². The van der Waals surface area contributed by atoms with Gasteiger partial charge in [0.15, 0.2) is 0 Å². The van der Waals surface area contributed by atoms with Gasteiger partial charge in [-0.25, -0.2) is 0 Å². The molecule has 256 valence electrons. The normalized spacial score (nSPS) is 13.2. The van der Waals surface area contributed by atoms with Crippen LogP contribution in [0.2, 0.25) is 0 Å². The van der Waals surface area contributed by atoms with Gasteiger partial charge in [-0.15, -0.1) is 0 Å². The second kappa shape index (κ2) is 10.4. The molecule has 4 nitrogen and oxygen atoms in total. The topological polar surface area (TPSA) is 26.2 Å². The minimum absolute atomic E-state index is 0.0755. The zero-order valence-corrected chi connectivity index (χ0v) is 30.3. The molecule has 0 unspecified atom stereocenters. The number of aromatic nitrogens is 2. The van der Waals surface area contributed by atoms with E-state index in [1.54, 1.807) is 0 Å². The average Bonchev–Trinajstić information content (AvgIpc) is 3.88. The van der Waals surface area contributed by atoms with Gasteiger partial charge in [-0.3, -0.25) is 0 Å². The lowest BCUT2D eigenvalue weighted by atomic mass is 9.44. The zero-order chi connectivity index (χ0) is 36.1. The van der Waals surface area contributed by atoms with Crippen molar-refractivity contribution in [1.82, 2.24) is 9.13 Å². The Kier molecular flexibility index (Phi) is 5.56. The van der Waals surface area contributed by atoms with Crippen LogP contribution in [-0.4, -0.2) is 16.0 Å². The van der Waals surface area contributed by atoms with Crippen LogP contribution in [0.3, 0.4) is 0 Å². The number of aryl methyl sites for hydroxylation is 2. The Morgan fingerprint density at radius 3 is 1.84 bits per heavy atom. The van der Waals surface area contributed by atoms with Crippen LogP contribution in [0.15, 0.2) is 162 Å². The molecule has 13 rings (SSSR count). The van der Waals surface area contributed by atoms with Crippen molar-refractivity contribution in [1.29, 1.82) is 0 Å². The quantitative estimate of drug-likeness (QED) is 0.168. The summed E-state index contributed by atoms with van der Waals surface area (Å²) in [6.45, 7) is 4.31. The predicted molar refractivity (Wildman–Crippen MR) is 231 cm³/mol. The van der Waals surface area contributed by atoms with Crippen LogP contribution >= 0.6 is 0 Å². The molecule has 2 aliphatic rings. The van der Waals surface area contributed by atoms with Crippen LogP contribution in [0.25, 0.3) is 88.1 Å². The minimum Gasteiger partial charge on any atom is -0.456 e. The first-order valence-electron chi connectivity index (χ1n) is 19.1. The zero-order valence-electron chi connectivity index (χ0n) is 30.3. The van der Waals surface area contributed by atoms with E-state index in [0.29, 0.717) is 0 Å². The molecule has 3 aromatic heterocycles. The number of benzene rings is 8. The van der Waals surface area contributed by atoms with E-state index in [-0.39, 0.29) is 6.85 Å². The molecule has 0 bridgehead atoms. The number of anilines is 2. The number of rotatable bonds is 2. The summed E-state index contributed by atoms with van der Waals surface area (Å²) >= 11 is 0. The third-order valence-corrected chi connectivity index (χ3v) is 12.4. The average molecular weight is 702 g/mol. The summed E-state index contributed by atoms with van der Waals surface area (Å²) in [5.74, 6) is 0. The predicted octanol–water partition coefficient (Wildman–Crippen LogP) is 11.6. The van der Waals surface area contributed by atoms with Crippen molar-refractivity contribution >= 4 is 94.7 Å². The first-order valence-corrected chi connectivity index (χ1v) is 19.1. The van der Waals surface area contributed by atoms with Gasteiger partial charge in [0.2, 0.25) is 0 Å². The van der Waals surface area contributed by atoms with Gasteiger partial charge < -0.3 is 18.4 Å². The molecule has 5 heterocycles. The van der Waals surface area contributed by atoms with E-state index in [4.69, 9.17) is 4.42 Å². The van der Waals surface area contributed by atoms with E-state index < -0.39 is 0 Å². The van der Waals surface area contributed by atoms with E-state index in [1.165, 1.54) is 88.2 Å². The van der Waals surface area contributed by atoms with Crippen molar-refractivity contribution in [3.8, 4) is 22.5 Å². The Bertz CT molecular complexity index is 3420. The first kappa shape index (κ1) is 29.5. The Morgan fingerprint density at radius 2 is 1.09 bits per heavy atom.